The van der Waals surface area contributed by atoms with Crippen LogP contribution in [-0.2, 0) is 6.42 Å². The summed E-state index contributed by atoms with van der Waals surface area (Å²) in [6, 6.07) is 16.3. The first kappa shape index (κ1) is 21.4. The minimum absolute atomic E-state index is 0.0815. The largest absolute Gasteiger partial charge is 0.351 e. The van der Waals surface area contributed by atoms with Crippen molar-refractivity contribution in [3.63, 3.8) is 0 Å². The third-order valence-corrected chi connectivity index (χ3v) is 6.31. The molecule has 7 nitrogen and oxygen atoms in total. The Morgan fingerprint density at radius 2 is 1.76 bits per heavy atom. The summed E-state index contributed by atoms with van der Waals surface area (Å²) in [5.41, 5.74) is 5.06. The molecule has 4 aromatic rings. The maximum atomic E-state index is 12.9. The number of benzene rings is 2. The average Bonchev–Trinajstić information content (AvgIpc) is 3.46. The van der Waals surface area contributed by atoms with Gasteiger partial charge in [-0.2, -0.15) is 4.98 Å². The van der Waals surface area contributed by atoms with E-state index in [4.69, 9.17) is 4.52 Å². The van der Waals surface area contributed by atoms with Gasteiger partial charge < -0.3 is 14.4 Å². The Morgan fingerprint density at radius 1 is 1.00 bits per heavy atom. The predicted molar refractivity (Wildman–Crippen MR) is 128 cm³/mol. The van der Waals surface area contributed by atoms with Gasteiger partial charge in [-0.25, -0.2) is 0 Å². The number of carbonyl (C=O) groups excluding carboxylic acids is 1. The van der Waals surface area contributed by atoms with Gasteiger partial charge in [0.25, 0.3) is 5.91 Å². The number of hydrogen-bond acceptors (Lipinski definition) is 5. The number of aryl methyl sites for hydroxylation is 3. The van der Waals surface area contributed by atoms with Crippen LogP contribution in [0.1, 0.15) is 33.9 Å². The van der Waals surface area contributed by atoms with Gasteiger partial charge in [-0.05, 0) is 45.0 Å². The lowest BCUT2D eigenvalue weighted by molar-refractivity contribution is 0.0631. The van der Waals surface area contributed by atoms with Crippen molar-refractivity contribution in [3.05, 3.63) is 71.2 Å². The molecule has 1 aliphatic rings. The molecule has 1 amide bonds. The second-order valence-corrected chi connectivity index (χ2v) is 8.89. The monoisotopic (exact) mass is 443 g/mol. The number of nitrogens with zero attached hydrogens (tertiary/aromatic N) is 4. The first-order chi connectivity index (χ1) is 16.0. The molecule has 0 atom stereocenters. The van der Waals surface area contributed by atoms with E-state index in [0.29, 0.717) is 17.4 Å². The van der Waals surface area contributed by atoms with E-state index >= 15 is 0 Å². The Balaban J connectivity index is 1.09. The summed E-state index contributed by atoms with van der Waals surface area (Å²) in [6.07, 6.45) is 1.71. The van der Waals surface area contributed by atoms with Crippen LogP contribution in [0, 0.1) is 13.8 Å². The van der Waals surface area contributed by atoms with Gasteiger partial charge in [0.15, 0.2) is 0 Å². The fraction of sp³-hybridized carbons (Fsp3) is 0.346. The van der Waals surface area contributed by atoms with Gasteiger partial charge in [-0.15, -0.1) is 0 Å². The molecular formula is C26H29N5O2. The quantitative estimate of drug-likeness (QED) is 0.483. The highest BCUT2D eigenvalue weighted by Crippen LogP contribution is 2.19. The lowest BCUT2D eigenvalue weighted by atomic mass is 10.1. The number of carbonyl (C=O) groups is 1. The molecule has 170 valence electrons. The highest BCUT2D eigenvalue weighted by molar-refractivity contribution is 5.98. The smallest absolute Gasteiger partial charge is 0.270 e. The molecular weight excluding hydrogens is 414 g/mol. The maximum Gasteiger partial charge on any atom is 0.270 e. The molecule has 0 bridgehead atoms. The molecule has 0 aliphatic carbocycles. The molecule has 3 heterocycles. The lowest BCUT2D eigenvalue weighted by Gasteiger charge is -2.34. The molecule has 1 N–H and O–H groups in total. The van der Waals surface area contributed by atoms with E-state index in [-0.39, 0.29) is 5.91 Å². The molecule has 33 heavy (non-hydrogen) atoms. The molecule has 7 heteroatoms. The Kier molecular flexibility index (Phi) is 5.96. The molecule has 1 saturated heterocycles. The Bertz CT molecular complexity index is 1250. The van der Waals surface area contributed by atoms with Crippen LogP contribution in [0.25, 0.3) is 22.3 Å². The summed E-state index contributed by atoms with van der Waals surface area (Å²) in [5.74, 6) is 1.40. The summed E-state index contributed by atoms with van der Waals surface area (Å²) in [6.45, 7) is 8.32. The Morgan fingerprint density at radius 3 is 2.55 bits per heavy atom. The van der Waals surface area contributed by atoms with Crippen molar-refractivity contribution in [3.8, 4) is 11.4 Å². The minimum atomic E-state index is 0.0815. The summed E-state index contributed by atoms with van der Waals surface area (Å²) >= 11 is 0. The van der Waals surface area contributed by atoms with Crippen molar-refractivity contribution in [1.29, 1.82) is 0 Å². The van der Waals surface area contributed by atoms with Gasteiger partial charge in [0, 0.05) is 49.1 Å². The summed E-state index contributed by atoms with van der Waals surface area (Å²) in [4.78, 5) is 25.1. The van der Waals surface area contributed by atoms with Crippen LogP contribution in [0.5, 0.6) is 0 Å². The van der Waals surface area contributed by atoms with Crippen molar-refractivity contribution in [2.75, 3.05) is 32.7 Å². The van der Waals surface area contributed by atoms with E-state index < -0.39 is 0 Å². The highest BCUT2D eigenvalue weighted by Gasteiger charge is 2.23. The first-order valence-electron chi connectivity index (χ1n) is 11.6. The van der Waals surface area contributed by atoms with Gasteiger partial charge in [0.1, 0.15) is 5.69 Å². The molecule has 0 saturated carbocycles. The summed E-state index contributed by atoms with van der Waals surface area (Å²) in [7, 11) is 0. The second-order valence-electron chi connectivity index (χ2n) is 8.89. The number of piperazine rings is 1. The van der Waals surface area contributed by atoms with Crippen LogP contribution in [-0.4, -0.2) is 63.6 Å². The van der Waals surface area contributed by atoms with Crippen LogP contribution in [0.15, 0.2) is 53.1 Å². The molecule has 2 aromatic carbocycles. The van der Waals surface area contributed by atoms with Gasteiger partial charge in [0.05, 0.1) is 0 Å². The van der Waals surface area contributed by atoms with Crippen LogP contribution in [0.4, 0.5) is 0 Å². The maximum absolute atomic E-state index is 12.9. The fourth-order valence-electron chi connectivity index (χ4n) is 4.34. The topological polar surface area (TPSA) is 78.3 Å². The third kappa shape index (κ3) is 4.83. The molecule has 0 unspecified atom stereocenters. The van der Waals surface area contributed by atoms with Crippen molar-refractivity contribution in [1.82, 2.24) is 24.9 Å². The van der Waals surface area contributed by atoms with Gasteiger partial charge in [-0.1, -0.05) is 46.6 Å². The van der Waals surface area contributed by atoms with Crippen molar-refractivity contribution in [2.24, 2.45) is 0 Å². The fourth-order valence-corrected chi connectivity index (χ4v) is 4.34. The SMILES string of the molecule is Cc1ccc(-c2noc(CCCN3CCN(C(=O)c4cc5cc(C)ccc5[nH]4)CC3)n2)cc1. The Hall–Kier alpha value is -3.45. The van der Waals surface area contributed by atoms with Crippen molar-refractivity contribution >= 4 is 16.8 Å². The van der Waals surface area contributed by atoms with Crippen molar-refractivity contribution < 1.29 is 9.32 Å². The van der Waals surface area contributed by atoms with E-state index in [2.05, 4.69) is 58.1 Å². The van der Waals surface area contributed by atoms with E-state index in [1.807, 2.05) is 29.2 Å². The van der Waals surface area contributed by atoms with E-state index in [1.165, 1.54) is 11.1 Å². The van der Waals surface area contributed by atoms with Crippen LogP contribution in [0.3, 0.4) is 0 Å². The normalized spacial score (nSPS) is 14.8. The highest BCUT2D eigenvalue weighted by atomic mass is 16.5. The number of amides is 1. The molecule has 2 aromatic heterocycles. The number of fused-ring (bicyclic) bond motifs is 1. The van der Waals surface area contributed by atoms with Crippen LogP contribution >= 0.6 is 0 Å². The molecule has 1 aliphatic heterocycles. The summed E-state index contributed by atoms with van der Waals surface area (Å²) in [5, 5.41) is 5.20. The predicted octanol–water partition coefficient (Wildman–Crippen LogP) is 4.23. The Labute approximate surface area is 193 Å². The van der Waals surface area contributed by atoms with Gasteiger partial charge >= 0.3 is 0 Å². The van der Waals surface area contributed by atoms with Gasteiger partial charge in [-0.3, -0.25) is 9.69 Å². The van der Waals surface area contributed by atoms with E-state index in [9.17, 15) is 4.79 Å². The number of aromatic nitrogens is 3. The van der Waals surface area contributed by atoms with Gasteiger partial charge in [0.2, 0.25) is 11.7 Å². The number of aromatic amines is 1. The second kappa shape index (κ2) is 9.19. The zero-order chi connectivity index (χ0) is 22.8. The number of H-pyrrole nitrogens is 1. The van der Waals surface area contributed by atoms with Crippen LogP contribution < -0.4 is 0 Å². The van der Waals surface area contributed by atoms with E-state index in [1.54, 1.807) is 0 Å². The number of nitrogens with one attached hydrogen (secondary N) is 1. The zero-order valence-corrected chi connectivity index (χ0v) is 19.2. The molecule has 1 fully saturated rings. The molecule has 0 spiro atoms. The van der Waals surface area contributed by atoms with Crippen LogP contribution in [0.2, 0.25) is 0 Å². The standard InChI is InChI=1S/C26H29N5O2/c1-18-5-8-20(9-6-18)25-28-24(33-29-25)4-3-11-30-12-14-31(15-13-30)26(32)23-17-21-16-19(2)7-10-22(21)27-23/h5-10,16-17,27H,3-4,11-15H2,1-2H3. The first-order valence-corrected chi connectivity index (χ1v) is 11.6. The zero-order valence-electron chi connectivity index (χ0n) is 19.2. The minimum Gasteiger partial charge on any atom is -0.351 e. The van der Waals surface area contributed by atoms with E-state index in [0.717, 1.165) is 62.0 Å². The summed E-state index contributed by atoms with van der Waals surface area (Å²) < 4.78 is 5.43. The molecule has 0 radical (unpaired) electrons. The third-order valence-electron chi connectivity index (χ3n) is 6.31. The lowest BCUT2D eigenvalue weighted by Crippen LogP contribution is -2.49. The number of rotatable bonds is 6. The number of hydrogen-bond donors (Lipinski definition) is 1. The molecule has 5 rings (SSSR count). The van der Waals surface area contributed by atoms with Crippen molar-refractivity contribution in [2.45, 2.75) is 26.7 Å². The average molecular weight is 444 g/mol.